The van der Waals surface area contributed by atoms with Crippen LogP contribution in [0.4, 0.5) is 0 Å². The molecular formula is C20H22N2O3. The van der Waals surface area contributed by atoms with Crippen LogP contribution in [0.1, 0.15) is 18.4 Å². The summed E-state index contributed by atoms with van der Waals surface area (Å²) in [5.41, 5.74) is 0.623. The summed E-state index contributed by atoms with van der Waals surface area (Å²) in [6.45, 7) is 1.23. The molecule has 25 heavy (non-hydrogen) atoms. The highest BCUT2D eigenvalue weighted by atomic mass is 16.5. The standard InChI is InChI=1S/C20H22N2O3/c23-18(21-14-6-7-14)16-15-8-10-20(25-15)12-22(19(24)17(16)20)11-9-13-4-2-1-3-5-13/h1-5,8,10,14-17H,6-7,9,11-12H2,(H,21,23)/t15-,16+,17+,20+/m0/s1. The van der Waals surface area contributed by atoms with Crippen molar-refractivity contribution in [2.45, 2.75) is 37.0 Å². The van der Waals surface area contributed by atoms with E-state index in [1.807, 2.05) is 35.3 Å². The van der Waals surface area contributed by atoms with Crippen LogP contribution >= 0.6 is 0 Å². The normalized spacial score (nSPS) is 35.3. The van der Waals surface area contributed by atoms with Gasteiger partial charge in [0.05, 0.1) is 24.5 Å². The van der Waals surface area contributed by atoms with Gasteiger partial charge in [0, 0.05) is 12.6 Å². The number of hydrogen-bond acceptors (Lipinski definition) is 3. The third-order valence-electron chi connectivity index (χ3n) is 5.92. The van der Waals surface area contributed by atoms with Crippen molar-refractivity contribution in [3.63, 3.8) is 0 Å². The molecule has 1 saturated carbocycles. The van der Waals surface area contributed by atoms with E-state index in [0.29, 0.717) is 19.1 Å². The number of rotatable bonds is 5. The minimum Gasteiger partial charge on any atom is -0.360 e. The Kier molecular flexibility index (Phi) is 3.29. The second-order valence-corrected chi connectivity index (χ2v) is 7.68. The molecule has 5 heteroatoms. The van der Waals surface area contributed by atoms with Crippen molar-refractivity contribution in [2.24, 2.45) is 11.8 Å². The van der Waals surface area contributed by atoms with Gasteiger partial charge in [-0.1, -0.05) is 42.5 Å². The number of nitrogens with zero attached hydrogens (tertiary/aromatic N) is 1. The number of benzene rings is 1. The summed E-state index contributed by atoms with van der Waals surface area (Å²) < 4.78 is 6.14. The molecule has 4 aliphatic rings. The van der Waals surface area contributed by atoms with Gasteiger partial charge < -0.3 is 15.0 Å². The topological polar surface area (TPSA) is 58.6 Å². The third kappa shape index (κ3) is 2.41. The predicted octanol–water partition coefficient (Wildman–Crippen LogP) is 1.29. The van der Waals surface area contributed by atoms with Crippen molar-refractivity contribution in [1.29, 1.82) is 0 Å². The van der Waals surface area contributed by atoms with Gasteiger partial charge in [-0.15, -0.1) is 0 Å². The molecule has 1 N–H and O–H groups in total. The lowest BCUT2D eigenvalue weighted by Crippen LogP contribution is -2.44. The Morgan fingerprint density at radius 3 is 2.84 bits per heavy atom. The second-order valence-electron chi connectivity index (χ2n) is 7.68. The Morgan fingerprint density at radius 2 is 2.08 bits per heavy atom. The molecule has 3 heterocycles. The number of amides is 2. The Labute approximate surface area is 147 Å². The smallest absolute Gasteiger partial charge is 0.230 e. The zero-order valence-electron chi connectivity index (χ0n) is 14.1. The first-order chi connectivity index (χ1) is 12.2. The SMILES string of the molecule is O=C(NC1CC1)[C@@H]1[C@@H]2C=C[C@]3(CN(CCc4ccccc4)C(=O)[C@@H]13)O2. The van der Waals surface area contributed by atoms with Crippen molar-refractivity contribution in [3.05, 3.63) is 48.0 Å². The first kappa shape index (κ1) is 15.1. The second kappa shape index (κ2) is 5.43. The van der Waals surface area contributed by atoms with Crippen molar-refractivity contribution in [2.75, 3.05) is 13.1 Å². The number of ether oxygens (including phenoxy) is 1. The van der Waals surface area contributed by atoms with Crippen molar-refractivity contribution < 1.29 is 14.3 Å². The van der Waals surface area contributed by atoms with Gasteiger partial charge in [-0.2, -0.15) is 0 Å². The molecule has 3 aliphatic heterocycles. The summed E-state index contributed by atoms with van der Waals surface area (Å²) in [5.74, 6) is -0.683. The number of hydrogen-bond donors (Lipinski definition) is 1. The molecule has 3 fully saturated rings. The van der Waals surface area contributed by atoms with E-state index in [0.717, 1.165) is 19.3 Å². The lowest BCUT2D eigenvalue weighted by Gasteiger charge is -2.23. The molecule has 1 aromatic rings. The van der Waals surface area contributed by atoms with Gasteiger partial charge in [0.2, 0.25) is 11.8 Å². The zero-order valence-corrected chi connectivity index (χ0v) is 14.1. The number of nitrogens with one attached hydrogen (secondary N) is 1. The fraction of sp³-hybridized carbons (Fsp3) is 0.500. The summed E-state index contributed by atoms with van der Waals surface area (Å²) in [6.07, 6.45) is 6.66. The first-order valence-electron chi connectivity index (χ1n) is 9.17. The third-order valence-corrected chi connectivity index (χ3v) is 5.92. The fourth-order valence-electron chi connectivity index (χ4n) is 4.50. The number of carbonyl (C=O) groups excluding carboxylic acids is 2. The van der Waals surface area contributed by atoms with Crippen molar-refractivity contribution in [3.8, 4) is 0 Å². The van der Waals surface area contributed by atoms with E-state index in [1.165, 1.54) is 5.56 Å². The summed E-state index contributed by atoms with van der Waals surface area (Å²) in [6, 6.07) is 10.5. The minimum absolute atomic E-state index is 0.0121. The minimum atomic E-state index is -0.593. The van der Waals surface area contributed by atoms with E-state index in [1.54, 1.807) is 0 Å². The fourth-order valence-corrected chi connectivity index (χ4v) is 4.50. The van der Waals surface area contributed by atoms with Gasteiger partial charge in [0.1, 0.15) is 5.60 Å². The van der Waals surface area contributed by atoms with E-state index in [4.69, 9.17) is 4.74 Å². The highest BCUT2D eigenvalue weighted by Crippen LogP contribution is 2.52. The van der Waals surface area contributed by atoms with E-state index in [9.17, 15) is 9.59 Å². The Balaban J connectivity index is 1.33. The number of carbonyl (C=O) groups is 2. The van der Waals surface area contributed by atoms with Gasteiger partial charge in [0.15, 0.2) is 0 Å². The molecular weight excluding hydrogens is 316 g/mol. The first-order valence-corrected chi connectivity index (χ1v) is 9.17. The van der Waals surface area contributed by atoms with Gasteiger partial charge in [-0.3, -0.25) is 9.59 Å². The Morgan fingerprint density at radius 1 is 1.28 bits per heavy atom. The number of fused-ring (bicyclic) bond motifs is 1. The van der Waals surface area contributed by atoms with E-state index in [-0.39, 0.29) is 29.8 Å². The molecule has 1 spiro atoms. The van der Waals surface area contributed by atoms with E-state index in [2.05, 4.69) is 17.4 Å². The van der Waals surface area contributed by atoms with Crippen LogP contribution in [0.3, 0.4) is 0 Å². The molecule has 0 unspecified atom stereocenters. The summed E-state index contributed by atoms with van der Waals surface area (Å²) in [7, 11) is 0. The molecule has 0 radical (unpaired) electrons. The Hall–Kier alpha value is -2.14. The molecule has 2 bridgehead atoms. The van der Waals surface area contributed by atoms with Crippen LogP contribution in [0.2, 0.25) is 0 Å². The highest BCUT2D eigenvalue weighted by Gasteiger charge is 2.66. The van der Waals surface area contributed by atoms with E-state index >= 15 is 0 Å². The predicted molar refractivity (Wildman–Crippen MR) is 91.6 cm³/mol. The summed E-state index contributed by atoms with van der Waals surface area (Å²) in [5, 5.41) is 3.06. The highest BCUT2D eigenvalue weighted by molar-refractivity contribution is 5.93. The van der Waals surface area contributed by atoms with Crippen LogP contribution < -0.4 is 5.32 Å². The molecule has 1 aromatic carbocycles. The monoisotopic (exact) mass is 338 g/mol. The average molecular weight is 338 g/mol. The molecule has 1 aliphatic carbocycles. The van der Waals surface area contributed by atoms with Crippen molar-refractivity contribution in [1.82, 2.24) is 10.2 Å². The van der Waals surface area contributed by atoms with Gasteiger partial charge in [-0.25, -0.2) is 0 Å². The van der Waals surface area contributed by atoms with Crippen LogP contribution in [0.5, 0.6) is 0 Å². The maximum atomic E-state index is 13.0. The van der Waals surface area contributed by atoms with Crippen LogP contribution in [0.25, 0.3) is 0 Å². The van der Waals surface area contributed by atoms with Crippen LogP contribution in [-0.2, 0) is 20.7 Å². The van der Waals surface area contributed by atoms with Crippen LogP contribution in [0.15, 0.2) is 42.5 Å². The number of likely N-dealkylation sites (tertiary alicyclic amines) is 1. The Bertz CT molecular complexity index is 743. The van der Waals surface area contributed by atoms with Crippen LogP contribution in [-0.4, -0.2) is 47.6 Å². The molecule has 0 aromatic heterocycles. The zero-order chi connectivity index (χ0) is 17.0. The largest absolute Gasteiger partial charge is 0.360 e. The quantitative estimate of drug-likeness (QED) is 0.823. The maximum Gasteiger partial charge on any atom is 0.230 e. The van der Waals surface area contributed by atoms with Gasteiger partial charge >= 0.3 is 0 Å². The van der Waals surface area contributed by atoms with E-state index < -0.39 is 5.60 Å². The maximum absolute atomic E-state index is 13.0. The average Bonchev–Trinajstić information content (AvgIpc) is 3.16. The molecule has 130 valence electrons. The molecule has 5 rings (SSSR count). The summed E-state index contributed by atoms with van der Waals surface area (Å²) in [4.78, 5) is 27.6. The van der Waals surface area contributed by atoms with Gasteiger partial charge in [-0.05, 0) is 24.8 Å². The lowest BCUT2D eigenvalue weighted by molar-refractivity contribution is -0.137. The molecule has 4 atom stereocenters. The molecule has 2 amide bonds. The summed E-state index contributed by atoms with van der Waals surface area (Å²) >= 11 is 0. The van der Waals surface area contributed by atoms with Crippen molar-refractivity contribution >= 4 is 11.8 Å². The van der Waals surface area contributed by atoms with Gasteiger partial charge in [0.25, 0.3) is 0 Å². The lowest BCUT2D eigenvalue weighted by atomic mass is 9.77. The molecule has 5 nitrogen and oxygen atoms in total. The van der Waals surface area contributed by atoms with Crippen LogP contribution in [0, 0.1) is 11.8 Å². The molecule has 2 saturated heterocycles.